The lowest BCUT2D eigenvalue weighted by Gasteiger charge is -2.45. The Morgan fingerprint density at radius 2 is 1.55 bits per heavy atom. The van der Waals surface area contributed by atoms with E-state index in [9.17, 15) is 50.8 Å². The fourth-order valence-electron chi connectivity index (χ4n) is 5.10. The average Bonchev–Trinajstić information content (AvgIpc) is 2.99. The Hall–Kier alpha value is -3.71. The highest BCUT2D eigenvalue weighted by molar-refractivity contribution is 5.88. The molecule has 2 aromatic carbocycles. The number of hydrogen-bond donors (Lipinski definition) is 9. The summed E-state index contributed by atoms with van der Waals surface area (Å²) in [7, 11) is 1.28. The first-order valence-corrected chi connectivity index (χ1v) is 13.4. The average molecular weight is 625 g/mol. The number of rotatable bonds is 7. The van der Waals surface area contributed by atoms with Gasteiger partial charge in [0, 0.05) is 17.7 Å². The first kappa shape index (κ1) is 31.7. The Morgan fingerprint density at radius 1 is 0.841 bits per heavy atom. The third-order valence-electron chi connectivity index (χ3n) is 7.51. The number of fused-ring (bicyclic) bond motifs is 1. The second-order valence-electron chi connectivity index (χ2n) is 10.4. The minimum absolute atomic E-state index is 0.0151. The highest BCUT2D eigenvalue weighted by atomic mass is 16.7. The highest BCUT2D eigenvalue weighted by Gasteiger charge is 2.51. The van der Waals surface area contributed by atoms with Crippen LogP contribution in [0, 0.1) is 0 Å². The molecule has 2 fully saturated rings. The number of hydrogen-bond acceptors (Lipinski definition) is 16. The van der Waals surface area contributed by atoms with Crippen molar-refractivity contribution < 1.29 is 74.1 Å². The molecular formula is C28H32O16. The molecule has 0 amide bonds. The maximum absolute atomic E-state index is 13.7. The molecule has 0 bridgehead atoms. The molecule has 2 aliphatic rings. The van der Waals surface area contributed by atoms with Gasteiger partial charge < -0.3 is 74.1 Å². The van der Waals surface area contributed by atoms with Crippen molar-refractivity contribution in [2.45, 2.75) is 68.3 Å². The van der Waals surface area contributed by atoms with Gasteiger partial charge in [0.05, 0.1) is 19.8 Å². The van der Waals surface area contributed by atoms with Crippen molar-refractivity contribution in [3.63, 3.8) is 0 Å². The molecule has 1 aromatic heterocycles. The molecule has 2 saturated heterocycles. The zero-order valence-corrected chi connectivity index (χ0v) is 23.3. The number of aromatic hydroxyl groups is 3. The molecular weight excluding hydrogens is 592 g/mol. The smallest absolute Gasteiger partial charge is 0.239 e. The normalized spacial score (nSPS) is 32.5. The van der Waals surface area contributed by atoms with Gasteiger partial charge in [0.15, 0.2) is 23.5 Å². The zero-order chi connectivity index (χ0) is 32.0. The quantitative estimate of drug-likeness (QED) is 0.147. The predicted molar refractivity (Wildman–Crippen MR) is 145 cm³/mol. The Balaban J connectivity index is 1.51. The van der Waals surface area contributed by atoms with Crippen LogP contribution in [0.25, 0.3) is 22.3 Å². The van der Waals surface area contributed by atoms with Crippen molar-refractivity contribution in [3.8, 4) is 40.1 Å². The van der Waals surface area contributed by atoms with E-state index >= 15 is 0 Å². The van der Waals surface area contributed by atoms with Gasteiger partial charge in [-0.3, -0.25) is 4.79 Å². The van der Waals surface area contributed by atoms with Gasteiger partial charge in [-0.25, -0.2) is 0 Å². The van der Waals surface area contributed by atoms with Crippen LogP contribution in [-0.4, -0.2) is 121 Å². The Bertz CT molecular complexity index is 1550. The van der Waals surface area contributed by atoms with Gasteiger partial charge in [-0.15, -0.1) is 0 Å². The van der Waals surface area contributed by atoms with Gasteiger partial charge in [0.2, 0.25) is 17.5 Å². The van der Waals surface area contributed by atoms with Crippen LogP contribution in [-0.2, 0) is 14.2 Å². The number of ether oxygens (including phenoxy) is 5. The molecule has 16 nitrogen and oxygen atoms in total. The van der Waals surface area contributed by atoms with Crippen LogP contribution >= 0.6 is 0 Å². The second-order valence-corrected chi connectivity index (χ2v) is 10.4. The van der Waals surface area contributed by atoms with Crippen LogP contribution in [0.2, 0.25) is 0 Å². The molecule has 0 spiro atoms. The fourth-order valence-corrected chi connectivity index (χ4v) is 5.10. The summed E-state index contributed by atoms with van der Waals surface area (Å²) in [6, 6.07) is 5.83. The molecule has 16 heteroatoms. The zero-order valence-electron chi connectivity index (χ0n) is 23.3. The molecule has 0 unspecified atom stereocenters. The molecule has 44 heavy (non-hydrogen) atoms. The molecule has 0 saturated carbocycles. The summed E-state index contributed by atoms with van der Waals surface area (Å²) in [6.07, 6.45) is -16.2. The summed E-state index contributed by atoms with van der Waals surface area (Å²) >= 11 is 0. The van der Waals surface area contributed by atoms with E-state index < -0.39 is 96.1 Å². The van der Waals surface area contributed by atoms with Gasteiger partial charge in [-0.1, -0.05) is 0 Å². The van der Waals surface area contributed by atoms with E-state index in [1.54, 1.807) is 0 Å². The van der Waals surface area contributed by atoms with E-state index in [0.717, 1.165) is 12.1 Å². The van der Waals surface area contributed by atoms with E-state index in [1.165, 1.54) is 32.2 Å². The predicted octanol–water partition coefficient (Wildman–Crippen LogP) is -1.38. The fraction of sp³-hybridized carbons (Fsp3) is 0.464. The summed E-state index contributed by atoms with van der Waals surface area (Å²) in [4.78, 5) is 13.7. The van der Waals surface area contributed by atoms with Crippen LogP contribution < -0.4 is 14.9 Å². The molecule has 2 aliphatic heterocycles. The Labute approximate surface area is 248 Å². The molecule has 240 valence electrons. The number of phenolic OH excluding ortho intramolecular Hbond substituents is 3. The summed E-state index contributed by atoms with van der Waals surface area (Å²) in [6.45, 7) is 0.577. The topological polar surface area (TPSA) is 258 Å². The first-order valence-electron chi connectivity index (χ1n) is 13.4. The van der Waals surface area contributed by atoms with Crippen molar-refractivity contribution in [2.75, 3.05) is 13.7 Å². The standard InChI is InChI=1S/C28H32O16/c1-9-18(33)20(35)22(37)27(40-9)43-25-16(8-29)42-28(23(38)21(25)36)44-26-19(34)17-13(32)6-11(30)7-15(17)41-24(26)10-3-4-12(31)14(5-10)39-2/h3-7,9,16,18,20-23,25,27-33,35-38H,8H2,1-2H3/t9-,16+,18+,20+,21+,22+,23-,25+,27+,28-/m1/s1. The molecule has 0 aliphatic carbocycles. The molecule has 0 radical (unpaired) electrons. The number of aliphatic hydroxyl groups excluding tert-OH is 6. The van der Waals surface area contributed by atoms with Crippen LogP contribution in [0.4, 0.5) is 0 Å². The van der Waals surface area contributed by atoms with Crippen molar-refractivity contribution in [1.82, 2.24) is 0 Å². The van der Waals surface area contributed by atoms with E-state index in [-0.39, 0.29) is 28.4 Å². The van der Waals surface area contributed by atoms with Gasteiger partial charge in [0.1, 0.15) is 65.2 Å². The van der Waals surface area contributed by atoms with E-state index in [0.29, 0.717) is 0 Å². The number of phenols is 3. The van der Waals surface area contributed by atoms with E-state index in [2.05, 4.69) is 0 Å². The molecule has 10 atom stereocenters. The first-order chi connectivity index (χ1) is 20.9. The van der Waals surface area contributed by atoms with Crippen molar-refractivity contribution in [3.05, 3.63) is 40.6 Å². The lowest BCUT2D eigenvalue weighted by Crippen LogP contribution is -2.64. The monoisotopic (exact) mass is 624 g/mol. The maximum atomic E-state index is 13.7. The van der Waals surface area contributed by atoms with Crippen molar-refractivity contribution >= 4 is 11.0 Å². The lowest BCUT2D eigenvalue weighted by molar-refractivity contribution is -0.349. The SMILES string of the molecule is COc1cc(-c2oc3cc(O)cc(O)c3c(=O)c2O[C@H]2O[C@@H](CO)[C@H](O[C@@H]3O[C@H](C)[C@H](O)[C@H](O)[C@@H]3O)[C@@H](O)[C@H]2O)ccc1O. The van der Waals surface area contributed by atoms with Gasteiger partial charge in [-0.2, -0.15) is 0 Å². The minimum Gasteiger partial charge on any atom is -0.508 e. The van der Waals surface area contributed by atoms with Gasteiger partial charge in [0.25, 0.3) is 0 Å². The Kier molecular flexibility index (Phi) is 8.90. The van der Waals surface area contributed by atoms with Gasteiger partial charge >= 0.3 is 0 Å². The summed E-state index contributed by atoms with van der Waals surface area (Å²) in [5.41, 5.74) is -1.11. The molecule has 5 rings (SSSR count). The minimum atomic E-state index is -1.97. The van der Waals surface area contributed by atoms with Crippen LogP contribution in [0.15, 0.2) is 39.5 Å². The van der Waals surface area contributed by atoms with Crippen LogP contribution in [0.3, 0.4) is 0 Å². The lowest BCUT2D eigenvalue weighted by atomic mass is 9.97. The third kappa shape index (κ3) is 5.63. The maximum Gasteiger partial charge on any atom is 0.239 e. The van der Waals surface area contributed by atoms with Gasteiger partial charge in [-0.05, 0) is 25.1 Å². The Morgan fingerprint density at radius 3 is 2.23 bits per heavy atom. The number of aliphatic hydroxyl groups is 6. The summed E-state index contributed by atoms with van der Waals surface area (Å²) in [5.74, 6) is -2.28. The molecule has 3 heterocycles. The largest absolute Gasteiger partial charge is 0.508 e. The third-order valence-corrected chi connectivity index (χ3v) is 7.51. The number of methoxy groups -OCH3 is 1. The molecule has 9 N–H and O–H groups in total. The van der Waals surface area contributed by atoms with Crippen molar-refractivity contribution in [1.29, 1.82) is 0 Å². The highest BCUT2D eigenvalue weighted by Crippen LogP contribution is 2.40. The van der Waals surface area contributed by atoms with Crippen molar-refractivity contribution in [2.24, 2.45) is 0 Å². The van der Waals surface area contributed by atoms with E-state index in [4.69, 9.17) is 28.1 Å². The molecule has 3 aromatic rings. The van der Waals surface area contributed by atoms with Crippen LogP contribution in [0.1, 0.15) is 6.92 Å². The second kappa shape index (κ2) is 12.4. The summed E-state index contributed by atoms with van der Waals surface area (Å²) < 4.78 is 33.3. The summed E-state index contributed by atoms with van der Waals surface area (Å²) in [5, 5.41) is 92.4. The van der Waals surface area contributed by atoms with E-state index in [1.807, 2.05) is 0 Å². The number of benzene rings is 2. The van der Waals surface area contributed by atoms with Crippen LogP contribution in [0.5, 0.6) is 28.7 Å².